The van der Waals surface area contributed by atoms with Crippen molar-refractivity contribution in [3.63, 3.8) is 0 Å². The number of carbonyl (C=O) groups excluding carboxylic acids is 2. The summed E-state index contributed by atoms with van der Waals surface area (Å²) in [6.07, 6.45) is 2.52. The Kier molecular flexibility index (Phi) is 6.73. The van der Waals surface area contributed by atoms with Crippen LogP contribution < -0.4 is 14.8 Å². The third kappa shape index (κ3) is 5.62. The van der Waals surface area contributed by atoms with Crippen LogP contribution in [-0.4, -0.2) is 32.7 Å². The van der Waals surface area contributed by atoms with Gasteiger partial charge < -0.3 is 19.5 Å². The molecular weight excluding hydrogens is 341 g/mol. The zero-order valence-electron chi connectivity index (χ0n) is 14.3. The molecule has 0 radical (unpaired) electrons. The summed E-state index contributed by atoms with van der Waals surface area (Å²) in [5.74, 6) is -0.643. The number of benzene rings is 2. The zero-order valence-corrected chi connectivity index (χ0v) is 14.3. The molecule has 26 heavy (non-hydrogen) atoms. The van der Waals surface area contributed by atoms with Gasteiger partial charge in [-0.2, -0.15) is 0 Å². The van der Waals surface area contributed by atoms with Gasteiger partial charge in [0.05, 0.1) is 14.2 Å². The lowest BCUT2D eigenvalue weighted by Crippen LogP contribution is -2.20. The van der Waals surface area contributed by atoms with E-state index >= 15 is 0 Å². The SMILES string of the molecule is COc1ccc(NC(=O)COC(=O)/C=C/c2cccc(F)c2)cc1OC. The quantitative estimate of drug-likeness (QED) is 0.608. The number of hydrogen-bond acceptors (Lipinski definition) is 5. The molecule has 0 spiro atoms. The Hall–Kier alpha value is -3.35. The predicted octanol–water partition coefficient (Wildman–Crippen LogP) is 3.04. The second-order valence-corrected chi connectivity index (χ2v) is 5.11. The van der Waals surface area contributed by atoms with Gasteiger partial charge in [0.2, 0.25) is 0 Å². The van der Waals surface area contributed by atoms with Gasteiger partial charge in [0.25, 0.3) is 5.91 Å². The molecule has 0 bridgehead atoms. The van der Waals surface area contributed by atoms with Gasteiger partial charge in [-0.15, -0.1) is 0 Å². The average molecular weight is 359 g/mol. The van der Waals surface area contributed by atoms with Crippen LogP contribution in [0.4, 0.5) is 10.1 Å². The van der Waals surface area contributed by atoms with Gasteiger partial charge in [-0.3, -0.25) is 4.79 Å². The molecule has 0 aromatic heterocycles. The summed E-state index contributed by atoms with van der Waals surface area (Å²) in [6, 6.07) is 10.6. The number of hydrogen-bond donors (Lipinski definition) is 1. The van der Waals surface area contributed by atoms with Crippen LogP contribution in [-0.2, 0) is 14.3 Å². The highest BCUT2D eigenvalue weighted by atomic mass is 19.1. The van der Waals surface area contributed by atoms with Crippen molar-refractivity contribution in [2.75, 3.05) is 26.1 Å². The fourth-order valence-corrected chi connectivity index (χ4v) is 2.07. The monoisotopic (exact) mass is 359 g/mol. The maximum absolute atomic E-state index is 13.0. The first-order valence-electron chi connectivity index (χ1n) is 7.64. The van der Waals surface area contributed by atoms with Crippen molar-refractivity contribution in [1.82, 2.24) is 0 Å². The van der Waals surface area contributed by atoms with E-state index in [1.165, 1.54) is 38.5 Å². The first-order chi connectivity index (χ1) is 12.5. The number of ether oxygens (including phenoxy) is 3. The molecule has 0 aliphatic carbocycles. The van der Waals surface area contributed by atoms with E-state index in [-0.39, 0.29) is 0 Å². The maximum atomic E-state index is 13.0. The van der Waals surface area contributed by atoms with Crippen molar-refractivity contribution in [3.05, 3.63) is 59.9 Å². The van der Waals surface area contributed by atoms with Crippen LogP contribution in [0.25, 0.3) is 6.08 Å². The van der Waals surface area contributed by atoms with Crippen molar-refractivity contribution in [2.45, 2.75) is 0 Å². The van der Waals surface area contributed by atoms with Crippen molar-refractivity contribution in [1.29, 1.82) is 0 Å². The lowest BCUT2D eigenvalue weighted by Gasteiger charge is -2.10. The van der Waals surface area contributed by atoms with Gasteiger partial charge in [0.1, 0.15) is 5.82 Å². The smallest absolute Gasteiger partial charge is 0.331 e. The molecule has 7 heteroatoms. The highest BCUT2D eigenvalue weighted by Crippen LogP contribution is 2.29. The fourth-order valence-electron chi connectivity index (χ4n) is 2.07. The Labute approximate surface area is 150 Å². The normalized spacial score (nSPS) is 10.4. The standard InChI is InChI=1S/C19H18FNO5/c1-24-16-8-7-15(11-17(16)25-2)21-18(22)12-26-19(23)9-6-13-4-3-5-14(20)10-13/h3-11H,12H2,1-2H3,(H,21,22)/b9-6+. The number of esters is 1. The largest absolute Gasteiger partial charge is 0.493 e. The molecule has 2 aromatic carbocycles. The Balaban J connectivity index is 1.85. The molecule has 0 aliphatic heterocycles. The van der Waals surface area contributed by atoms with Gasteiger partial charge in [0, 0.05) is 17.8 Å². The summed E-state index contributed by atoms with van der Waals surface area (Å²) < 4.78 is 28.1. The summed E-state index contributed by atoms with van der Waals surface area (Å²) in [5, 5.41) is 2.58. The zero-order chi connectivity index (χ0) is 18.9. The lowest BCUT2D eigenvalue weighted by molar-refractivity contribution is -0.142. The van der Waals surface area contributed by atoms with Crippen LogP contribution in [0.5, 0.6) is 11.5 Å². The maximum Gasteiger partial charge on any atom is 0.331 e. The molecule has 136 valence electrons. The first-order valence-corrected chi connectivity index (χ1v) is 7.64. The fraction of sp³-hybridized carbons (Fsp3) is 0.158. The number of methoxy groups -OCH3 is 2. The molecule has 0 aliphatic rings. The molecule has 6 nitrogen and oxygen atoms in total. The number of amides is 1. The molecule has 0 saturated heterocycles. The number of halogens is 1. The van der Waals surface area contributed by atoms with Crippen LogP contribution in [0.3, 0.4) is 0 Å². The van der Waals surface area contributed by atoms with E-state index in [1.54, 1.807) is 24.3 Å². The van der Waals surface area contributed by atoms with Gasteiger partial charge in [-0.05, 0) is 35.9 Å². The van der Waals surface area contributed by atoms with Gasteiger partial charge in [-0.25, -0.2) is 9.18 Å². The molecule has 0 unspecified atom stereocenters. The molecule has 1 amide bonds. The van der Waals surface area contributed by atoms with Gasteiger partial charge in [0.15, 0.2) is 18.1 Å². The van der Waals surface area contributed by atoms with Crippen molar-refractivity contribution in [3.8, 4) is 11.5 Å². The lowest BCUT2D eigenvalue weighted by atomic mass is 10.2. The minimum Gasteiger partial charge on any atom is -0.493 e. The van der Waals surface area contributed by atoms with E-state index in [9.17, 15) is 14.0 Å². The topological polar surface area (TPSA) is 73.9 Å². The minimum atomic E-state index is -0.711. The second-order valence-electron chi connectivity index (χ2n) is 5.11. The summed E-state index contributed by atoms with van der Waals surface area (Å²) in [5.41, 5.74) is 0.982. The number of rotatable bonds is 7. The van der Waals surface area contributed by atoms with Crippen molar-refractivity contribution in [2.24, 2.45) is 0 Å². The van der Waals surface area contributed by atoms with Gasteiger partial charge >= 0.3 is 5.97 Å². The molecule has 0 fully saturated rings. The summed E-state index contributed by atoms with van der Waals surface area (Å²) in [6.45, 7) is -0.458. The minimum absolute atomic E-state index is 0.408. The number of nitrogens with one attached hydrogen (secondary N) is 1. The van der Waals surface area contributed by atoms with E-state index in [1.807, 2.05) is 0 Å². The molecule has 0 heterocycles. The van der Waals surface area contributed by atoms with E-state index in [2.05, 4.69) is 5.32 Å². The van der Waals surface area contributed by atoms with E-state index in [4.69, 9.17) is 14.2 Å². The van der Waals surface area contributed by atoms with Crippen LogP contribution in [0.15, 0.2) is 48.5 Å². The van der Waals surface area contributed by atoms with Crippen molar-refractivity contribution >= 4 is 23.6 Å². The second kappa shape index (κ2) is 9.22. The predicted molar refractivity (Wildman–Crippen MR) is 94.6 cm³/mol. The third-order valence-corrected chi connectivity index (χ3v) is 3.27. The first kappa shape index (κ1) is 19.0. The highest BCUT2D eigenvalue weighted by Gasteiger charge is 2.09. The van der Waals surface area contributed by atoms with Crippen molar-refractivity contribution < 1.29 is 28.2 Å². The number of carbonyl (C=O) groups is 2. The highest BCUT2D eigenvalue weighted by molar-refractivity contribution is 5.94. The molecular formula is C19H18FNO5. The Morgan fingerprint density at radius 3 is 2.54 bits per heavy atom. The third-order valence-electron chi connectivity index (χ3n) is 3.27. The van der Waals surface area contributed by atoms with E-state index < -0.39 is 24.3 Å². The van der Waals surface area contributed by atoms with Crippen LogP contribution >= 0.6 is 0 Å². The van der Waals surface area contributed by atoms with E-state index in [0.29, 0.717) is 22.7 Å². The molecule has 2 rings (SSSR count). The Morgan fingerprint density at radius 2 is 1.85 bits per heavy atom. The molecule has 0 atom stereocenters. The van der Waals surface area contributed by atoms with Gasteiger partial charge in [-0.1, -0.05) is 12.1 Å². The molecule has 2 aromatic rings. The summed E-state index contributed by atoms with van der Waals surface area (Å²) >= 11 is 0. The van der Waals surface area contributed by atoms with E-state index in [0.717, 1.165) is 6.08 Å². The van der Waals surface area contributed by atoms with Crippen LogP contribution in [0.2, 0.25) is 0 Å². The summed E-state index contributed by atoms with van der Waals surface area (Å²) in [7, 11) is 2.99. The Morgan fingerprint density at radius 1 is 1.08 bits per heavy atom. The molecule has 0 saturated carbocycles. The Bertz CT molecular complexity index is 819. The van der Waals surface area contributed by atoms with Crippen LogP contribution in [0, 0.1) is 5.82 Å². The number of anilines is 1. The average Bonchev–Trinajstić information content (AvgIpc) is 2.64. The molecule has 1 N–H and O–H groups in total. The van der Waals surface area contributed by atoms with Crippen LogP contribution in [0.1, 0.15) is 5.56 Å². The summed E-state index contributed by atoms with van der Waals surface area (Å²) in [4.78, 5) is 23.5.